The largest absolute Gasteiger partial charge is 0.442 e. The average molecular weight is 264 g/mol. The molecule has 19 heavy (non-hydrogen) atoms. The van der Waals surface area contributed by atoms with Crippen LogP contribution in [0.15, 0.2) is 24.3 Å². The molecule has 1 rings (SSSR count). The highest BCUT2D eigenvalue weighted by Crippen LogP contribution is 2.06. The monoisotopic (exact) mass is 264 g/mol. The van der Waals surface area contributed by atoms with E-state index in [1.165, 1.54) is 12.5 Å². The fraction of sp³-hybridized carbons (Fsp3) is 0.429. The SMILES string of the molecule is CC(=O)COC(=O)NCc1ccc(CN(C)C)cc1. The first-order valence-corrected chi connectivity index (χ1v) is 6.10. The number of alkyl carbamates (subject to hydrolysis) is 1. The van der Waals surface area contributed by atoms with Crippen molar-refractivity contribution in [2.45, 2.75) is 20.0 Å². The summed E-state index contributed by atoms with van der Waals surface area (Å²) in [7, 11) is 4.03. The lowest BCUT2D eigenvalue weighted by molar-refractivity contribution is -0.119. The number of Topliss-reactive ketones (excluding diaryl/α,β-unsaturated/α-hetero) is 1. The Kier molecular flexibility index (Phi) is 6.02. The Morgan fingerprint density at radius 2 is 1.74 bits per heavy atom. The van der Waals surface area contributed by atoms with E-state index in [1.807, 2.05) is 38.4 Å². The number of ether oxygens (including phenoxy) is 1. The number of hydrogen-bond acceptors (Lipinski definition) is 4. The van der Waals surface area contributed by atoms with Crippen LogP contribution in [0.5, 0.6) is 0 Å². The fourth-order valence-corrected chi connectivity index (χ4v) is 1.52. The summed E-state index contributed by atoms with van der Waals surface area (Å²) in [4.78, 5) is 24.0. The number of nitrogens with one attached hydrogen (secondary N) is 1. The van der Waals surface area contributed by atoms with E-state index >= 15 is 0 Å². The molecule has 0 aliphatic rings. The molecule has 1 aromatic carbocycles. The van der Waals surface area contributed by atoms with Gasteiger partial charge in [-0.1, -0.05) is 24.3 Å². The number of nitrogens with zero attached hydrogens (tertiary/aromatic N) is 1. The lowest BCUT2D eigenvalue weighted by atomic mass is 10.1. The van der Waals surface area contributed by atoms with Crippen LogP contribution in [0.2, 0.25) is 0 Å². The number of benzene rings is 1. The van der Waals surface area contributed by atoms with Crippen molar-refractivity contribution in [2.24, 2.45) is 0 Å². The summed E-state index contributed by atoms with van der Waals surface area (Å²) in [5.74, 6) is -0.178. The van der Waals surface area contributed by atoms with E-state index in [-0.39, 0.29) is 12.4 Å². The van der Waals surface area contributed by atoms with Gasteiger partial charge in [0.25, 0.3) is 0 Å². The summed E-state index contributed by atoms with van der Waals surface area (Å²) < 4.78 is 4.70. The topological polar surface area (TPSA) is 58.6 Å². The zero-order chi connectivity index (χ0) is 14.3. The van der Waals surface area contributed by atoms with E-state index < -0.39 is 6.09 Å². The number of ketones is 1. The molecule has 0 saturated carbocycles. The van der Waals surface area contributed by atoms with Gasteiger partial charge in [0, 0.05) is 13.1 Å². The second kappa shape index (κ2) is 7.53. The Morgan fingerprint density at radius 3 is 2.26 bits per heavy atom. The summed E-state index contributed by atoms with van der Waals surface area (Å²) in [5, 5.41) is 2.59. The zero-order valence-corrected chi connectivity index (χ0v) is 11.6. The molecule has 1 N–H and O–H groups in total. The van der Waals surface area contributed by atoms with E-state index in [9.17, 15) is 9.59 Å². The molecule has 0 aliphatic heterocycles. The minimum absolute atomic E-state index is 0.178. The summed E-state index contributed by atoms with van der Waals surface area (Å²) in [6.07, 6.45) is -0.576. The molecule has 5 heteroatoms. The second-order valence-corrected chi connectivity index (χ2v) is 4.69. The lowest BCUT2D eigenvalue weighted by Crippen LogP contribution is -2.25. The Bertz CT molecular complexity index is 427. The predicted octanol–water partition coefficient (Wildman–Crippen LogP) is 1.56. The van der Waals surface area contributed by atoms with Gasteiger partial charge in [-0.15, -0.1) is 0 Å². The van der Waals surface area contributed by atoms with Crippen LogP contribution in [-0.2, 0) is 22.6 Å². The maximum Gasteiger partial charge on any atom is 0.407 e. The first-order valence-electron chi connectivity index (χ1n) is 6.10. The molecule has 0 radical (unpaired) electrons. The Labute approximate surface area is 113 Å². The van der Waals surface area contributed by atoms with Gasteiger partial charge >= 0.3 is 6.09 Å². The van der Waals surface area contributed by atoms with Gasteiger partial charge in [-0.3, -0.25) is 4.79 Å². The van der Waals surface area contributed by atoms with Crippen molar-refractivity contribution in [3.05, 3.63) is 35.4 Å². The van der Waals surface area contributed by atoms with Crippen LogP contribution in [0, 0.1) is 0 Å². The molecular weight excluding hydrogens is 244 g/mol. The molecule has 104 valence electrons. The third-order valence-corrected chi connectivity index (χ3v) is 2.37. The van der Waals surface area contributed by atoms with Gasteiger partial charge in [0.1, 0.15) is 0 Å². The quantitative estimate of drug-likeness (QED) is 0.847. The standard InChI is InChI=1S/C14H20N2O3/c1-11(17)10-19-14(18)15-8-12-4-6-13(7-5-12)9-16(2)3/h4-7H,8-10H2,1-3H3,(H,15,18). The third-order valence-electron chi connectivity index (χ3n) is 2.37. The molecule has 1 amide bonds. The normalized spacial score (nSPS) is 10.3. The average Bonchev–Trinajstić information content (AvgIpc) is 2.35. The molecular formula is C14H20N2O3. The summed E-state index contributed by atoms with van der Waals surface area (Å²) in [6, 6.07) is 7.98. The van der Waals surface area contributed by atoms with Crippen LogP contribution < -0.4 is 5.32 Å². The highest BCUT2D eigenvalue weighted by molar-refractivity contribution is 5.79. The lowest BCUT2D eigenvalue weighted by Gasteiger charge is -2.10. The number of amides is 1. The Balaban J connectivity index is 2.37. The minimum atomic E-state index is -0.576. The van der Waals surface area contributed by atoms with E-state index in [2.05, 4.69) is 10.2 Å². The number of carbonyl (C=O) groups is 2. The minimum Gasteiger partial charge on any atom is -0.442 e. The fourth-order valence-electron chi connectivity index (χ4n) is 1.52. The van der Waals surface area contributed by atoms with Gasteiger partial charge in [0.15, 0.2) is 12.4 Å². The molecule has 0 atom stereocenters. The summed E-state index contributed by atoms with van der Waals surface area (Å²) >= 11 is 0. The number of hydrogen-bond donors (Lipinski definition) is 1. The highest BCUT2D eigenvalue weighted by Gasteiger charge is 2.03. The van der Waals surface area contributed by atoms with E-state index in [4.69, 9.17) is 4.74 Å². The van der Waals surface area contributed by atoms with Crippen LogP contribution in [0.3, 0.4) is 0 Å². The second-order valence-electron chi connectivity index (χ2n) is 4.69. The predicted molar refractivity (Wildman–Crippen MR) is 72.7 cm³/mol. The number of carbonyl (C=O) groups excluding carboxylic acids is 2. The van der Waals surface area contributed by atoms with Crippen molar-refractivity contribution >= 4 is 11.9 Å². The van der Waals surface area contributed by atoms with E-state index in [0.717, 1.165) is 12.1 Å². The van der Waals surface area contributed by atoms with Crippen LogP contribution in [0.1, 0.15) is 18.1 Å². The number of rotatable bonds is 6. The van der Waals surface area contributed by atoms with E-state index in [1.54, 1.807) is 0 Å². The van der Waals surface area contributed by atoms with E-state index in [0.29, 0.717) is 6.54 Å². The van der Waals surface area contributed by atoms with Crippen molar-refractivity contribution in [3.8, 4) is 0 Å². The molecule has 0 heterocycles. The van der Waals surface area contributed by atoms with Gasteiger partial charge in [-0.2, -0.15) is 0 Å². The van der Waals surface area contributed by atoms with Crippen LogP contribution >= 0.6 is 0 Å². The Hall–Kier alpha value is -1.88. The molecule has 0 bridgehead atoms. The highest BCUT2D eigenvalue weighted by atomic mass is 16.5. The molecule has 0 spiro atoms. The van der Waals surface area contributed by atoms with Gasteiger partial charge in [-0.25, -0.2) is 4.79 Å². The zero-order valence-electron chi connectivity index (χ0n) is 11.6. The molecule has 5 nitrogen and oxygen atoms in total. The first-order chi connectivity index (χ1) is 8.97. The van der Waals surface area contributed by atoms with Crippen molar-refractivity contribution in [2.75, 3.05) is 20.7 Å². The molecule has 0 fully saturated rings. The summed E-state index contributed by atoms with van der Waals surface area (Å²) in [5.41, 5.74) is 2.20. The van der Waals surface area contributed by atoms with Crippen LogP contribution in [0.4, 0.5) is 4.79 Å². The van der Waals surface area contributed by atoms with Gasteiger partial charge < -0.3 is 15.0 Å². The van der Waals surface area contributed by atoms with Crippen LogP contribution in [-0.4, -0.2) is 37.5 Å². The molecule has 0 unspecified atom stereocenters. The van der Waals surface area contributed by atoms with Crippen molar-refractivity contribution in [3.63, 3.8) is 0 Å². The third kappa shape index (κ3) is 6.57. The van der Waals surface area contributed by atoms with Crippen molar-refractivity contribution < 1.29 is 14.3 Å². The summed E-state index contributed by atoms with van der Waals surface area (Å²) in [6.45, 7) is 2.46. The molecule has 0 aliphatic carbocycles. The van der Waals surface area contributed by atoms with Crippen LogP contribution in [0.25, 0.3) is 0 Å². The first kappa shape index (κ1) is 15.2. The Morgan fingerprint density at radius 1 is 1.16 bits per heavy atom. The maximum absolute atomic E-state index is 11.2. The maximum atomic E-state index is 11.2. The van der Waals surface area contributed by atoms with Crippen molar-refractivity contribution in [1.29, 1.82) is 0 Å². The smallest absolute Gasteiger partial charge is 0.407 e. The van der Waals surface area contributed by atoms with Gasteiger partial charge in [0.05, 0.1) is 0 Å². The molecule has 0 saturated heterocycles. The van der Waals surface area contributed by atoms with Gasteiger partial charge in [-0.05, 0) is 32.1 Å². The molecule has 0 aromatic heterocycles. The molecule has 1 aromatic rings. The van der Waals surface area contributed by atoms with Crippen molar-refractivity contribution in [1.82, 2.24) is 10.2 Å². The van der Waals surface area contributed by atoms with Gasteiger partial charge in [0.2, 0.25) is 0 Å².